The van der Waals surface area contributed by atoms with Crippen molar-refractivity contribution in [2.75, 3.05) is 0 Å². The van der Waals surface area contributed by atoms with Gasteiger partial charge in [-0.3, -0.25) is 0 Å². The molecule has 12 aromatic rings. The van der Waals surface area contributed by atoms with Crippen molar-refractivity contribution in [2.45, 2.75) is 0 Å². The number of benzene rings is 8. The second-order valence-electron chi connectivity index (χ2n) is 14.3. The molecule has 0 N–H and O–H groups in total. The third-order valence-electron chi connectivity index (χ3n) is 11.0. The van der Waals surface area contributed by atoms with E-state index < -0.39 is 0 Å². The average molecular weight is 764 g/mol. The summed E-state index contributed by atoms with van der Waals surface area (Å²) in [7, 11) is 0. The van der Waals surface area contributed by atoms with E-state index in [4.69, 9.17) is 19.4 Å². The fraction of sp³-hybridized carbons (Fsp3) is 0. The summed E-state index contributed by atoms with van der Waals surface area (Å²) in [4.78, 5) is 15.0. The van der Waals surface area contributed by atoms with E-state index in [1.54, 1.807) is 0 Å². The van der Waals surface area contributed by atoms with Crippen LogP contribution in [0.25, 0.3) is 119 Å². The molecule has 0 aliphatic heterocycles. The molecule has 266 valence electrons. The highest BCUT2D eigenvalue weighted by atomic mass is 32.1. The number of rotatable bonds is 5. The Balaban J connectivity index is 0.996. The number of thiophene rings is 2. The molecule has 0 radical (unpaired) electrons. The number of hydrogen-bond donors (Lipinski definition) is 0. The van der Waals surface area contributed by atoms with Crippen molar-refractivity contribution in [3.63, 3.8) is 0 Å². The van der Waals surface area contributed by atoms with Crippen LogP contribution in [0.15, 0.2) is 180 Å². The molecule has 6 heteroatoms. The third kappa shape index (κ3) is 5.22. The maximum Gasteiger partial charge on any atom is 0.164 e. The van der Waals surface area contributed by atoms with Crippen molar-refractivity contribution in [1.29, 1.82) is 0 Å². The van der Waals surface area contributed by atoms with Gasteiger partial charge in [0, 0.05) is 67.8 Å². The van der Waals surface area contributed by atoms with E-state index in [-0.39, 0.29) is 0 Å². The zero-order valence-corrected chi connectivity index (χ0v) is 31.9. The van der Waals surface area contributed by atoms with Gasteiger partial charge < -0.3 is 4.42 Å². The summed E-state index contributed by atoms with van der Waals surface area (Å²) in [5.41, 5.74) is 9.22. The van der Waals surface area contributed by atoms with Gasteiger partial charge in [0.25, 0.3) is 0 Å². The van der Waals surface area contributed by atoms with Gasteiger partial charge in [-0.2, -0.15) is 0 Å². The van der Waals surface area contributed by atoms with Gasteiger partial charge in [-0.1, -0.05) is 140 Å². The highest BCUT2D eigenvalue weighted by Crippen LogP contribution is 2.46. The fourth-order valence-corrected chi connectivity index (χ4v) is 10.7. The molecule has 0 amide bonds. The monoisotopic (exact) mass is 763 g/mol. The first-order valence-electron chi connectivity index (χ1n) is 18.9. The molecule has 57 heavy (non-hydrogen) atoms. The quantitative estimate of drug-likeness (QED) is 0.175. The molecule has 4 aromatic heterocycles. The highest BCUT2D eigenvalue weighted by Gasteiger charge is 2.20. The normalized spacial score (nSPS) is 11.9. The van der Waals surface area contributed by atoms with Crippen LogP contribution < -0.4 is 0 Å². The Hall–Kier alpha value is -6.99. The van der Waals surface area contributed by atoms with E-state index in [1.165, 1.54) is 57.0 Å². The molecule has 0 saturated carbocycles. The van der Waals surface area contributed by atoms with Gasteiger partial charge >= 0.3 is 0 Å². The van der Waals surface area contributed by atoms with Gasteiger partial charge in [-0.05, 0) is 58.7 Å². The first kappa shape index (κ1) is 32.3. The fourth-order valence-electron chi connectivity index (χ4n) is 8.28. The summed E-state index contributed by atoms with van der Waals surface area (Å²) >= 11 is 3.73. The lowest BCUT2D eigenvalue weighted by Gasteiger charge is -2.09. The first-order valence-corrected chi connectivity index (χ1v) is 20.6. The lowest BCUT2D eigenvalue weighted by molar-refractivity contribution is 0.669. The van der Waals surface area contributed by atoms with Crippen molar-refractivity contribution in [3.8, 4) is 56.4 Å². The van der Waals surface area contributed by atoms with Gasteiger partial charge in [0.1, 0.15) is 11.2 Å². The van der Waals surface area contributed by atoms with E-state index in [2.05, 4.69) is 103 Å². The summed E-state index contributed by atoms with van der Waals surface area (Å²) in [5.74, 6) is 1.87. The zero-order valence-electron chi connectivity index (χ0n) is 30.3. The number of furan rings is 1. The van der Waals surface area contributed by atoms with E-state index >= 15 is 0 Å². The van der Waals surface area contributed by atoms with E-state index in [0.717, 1.165) is 44.2 Å². The van der Waals surface area contributed by atoms with Crippen LogP contribution in [0.2, 0.25) is 0 Å². The first-order chi connectivity index (χ1) is 28.2. The van der Waals surface area contributed by atoms with Crippen molar-refractivity contribution in [1.82, 2.24) is 15.0 Å². The minimum atomic E-state index is 0.609. The standard InChI is InChI=1S/C51H29N3OS2/c1-3-12-30(13-4-1)49-52-50(31-14-5-2-6-15-31)54-51(53-49)40-21-11-22-42-46(40)39-26-24-33(29-43(39)55-42)35-18-10-20-38-37-19-9-17-34(47(37)57-48(35)38)32-25-27-45-41(28-32)36-16-7-8-23-44(36)56-45/h1-29H. The van der Waals surface area contributed by atoms with Crippen LogP contribution >= 0.6 is 22.7 Å². The number of aromatic nitrogens is 3. The van der Waals surface area contributed by atoms with Gasteiger partial charge in [0.2, 0.25) is 0 Å². The van der Waals surface area contributed by atoms with Crippen LogP contribution in [-0.4, -0.2) is 15.0 Å². The summed E-state index contributed by atoms with van der Waals surface area (Å²) in [6, 6.07) is 61.9. The molecule has 0 fully saturated rings. The second kappa shape index (κ2) is 12.8. The lowest BCUT2D eigenvalue weighted by Crippen LogP contribution is -2.00. The van der Waals surface area contributed by atoms with Crippen LogP contribution in [0, 0.1) is 0 Å². The van der Waals surface area contributed by atoms with Crippen molar-refractivity contribution >= 4 is 85.0 Å². The van der Waals surface area contributed by atoms with Crippen LogP contribution in [0.1, 0.15) is 0 Å². The Kier molecular flexibility index (Phi) is 7.24. The van der Waals surface area contributed by atoms with Crippen molar-refractivity contribution in [2.24, 2.45) is 0 Å². The average Bonchev–Trinajstić information content (AvgIpc) is 3.97. The third-order valence-corrected chi connectivity index (χ3v) is 13.4. The largest absolute Gasteiger partial charge is 0.456 e. The van der Waals surface area contributed by atoms with Crippen molar-refractivity contribution < 1.29 is 4.42 Å². The maximum atomic E-state index is 6.65. The number of nitrogens with zero attached hydrogens (tertiary/aromatic N) is 3. The molecule has 8 aromatic carbocycles. The van der Waals surface area contributed by atoms with Gasteiger partial charge in [-0.15, -0.1) is 22.7 Å². The molecule has 4 heterocycles. The molecule has 0 aliphatic carbocycles. The predicted octanol–water partition coefficient (Wildman–Crippen LogP) is 14.8. The molecule has 0 atom stereocenters. The molecule has 0 unspecified atom stereocenters. The number of hydrogen-bond acceptors (Lipinski definition) is 6. The van der Waals surface area contributed by atoms with Gasteiger partial charge in [0.05, 0.1) is 0 Å². The maximum absolute atomic E-state index is 6.65. The minimum Gasteiger partial charge on any atom is -0.456 e. The summed E-state index contributed by atoms with van der Waals surface area (Å²) in [6.45, 7) is 0. The highest BCUT2D eigenvalue weighted by molar-refractivity contribution is 7.27. The predicted molar refractivity (Wildman–Crippen MR) is 240 cm³/mol. The van der Waals surface area contributed by atoms with Crippen LogP contribution in [0.5, 0.6) is 0 Å². The van der Waals surface area contributed by atoms with Gasteiger partial charge in [0.15, 0.2) is 17.5 Å². The Morgan fingerprint density at radius 3 is 1.61 bits per heavy atom. The SMILES string of the molecule is c1ccc(-c2nc(-c3ccccc3)nc(-c3cccc4oc5cc(-c6cccc7c6sc6c(-c8ccc9sc%10ccccc%10c9c8)cccc67)ccc5c34)n2)cc1. The minimum absolute atomic E-state index is 0.609. The van der Waals surface area contributed by atoms with E-state index in [9.17, 15) is 0 Å². The van der Waals surface area contributed by atoms with Crippen LogP contribution in [-0.2, 0) is 0 Å². The Labute approximate surface area is 335 Å². The number of fused-ring (bicyclic) bond motifs is 9. The Bertz CT molecular complexity index is 3470. The smallest absolute Gasteiger partial charge is 0.164 e. The van der Waals surface area contributed by atoms with Gasteiger partial charge in [-0.25, -0.2) is 15.0 Å². The zero-order chi connectivity index (χ0) is 37.5. The molecule has 0 aliphatic rings. The Morgan fingerprint density at radius 1 is 0.333 bits per heavy atom. The lowest BCUT2D eigenvalue weighted by atomic mass is 9.98. The molecule has 4 nitrogen and oxygen atoms in total. The molecular formula is C51H29N3OS2. The summed E-state index contributed by atoms with van der Waals surface area (Å²) < 4.78 is 11.9. The van der Waals surface area contributed by atoms with Crippen molar-refractivity contribution in [3.05, 3.63) is 176 Å². The molecule has 0 saturated heterocycles. The topological polar surface area (TPSA) is 51.8 Å². The Morgan fingerprint density at radius 2 is 0.895 bits per heavy atom. The van der Waals surface area contributed by atoms with Crippen LogP contribution in [0.3, 0.4) is 0 Å². The molecule has 0 spiro atoms. The second-order valence-corrected chi connectivity index (χ2v) is 16.4. The molecule has 0 bridgehead atoms. The summed E-state index contributed by atoms with van der Waals surface area (Å²) in [6.07, 6.45) is 0. The summed E-state index contributed by atoms with van der Waals surface area (Å²) in [5, 5.41) is 7.19. The molecule has 12 rings (SSSR count). The van der Waals surface area contributed by atoms with E-state index in [1.807, 2.05) is 95.5 Å². The van der Waals surface area contributed by atoms with Crippen LogP contribution in [0.4, 0.5) is 0 Å². The molecular weight excluding hydrogens is 735 g/mol. The van der Waals surface area contributed by atoms with E-state index in [0.29, 0.717) is 17.5 Å².